The second-order valence-electron chi connectivity index (χ2n) is 8.15. The molecule has 33 heavy (non-hydrogen) atoms. The van der Waals surface area contributed by atoms with Crippen LogP contribution in [0.1, 0.15) is 36.2 Å². The number of rotatable bonds is 8. The van der Waals surface area contributed by atoms with Crippen molar-refractivity contribution < 1.29 is 13.2 Å². The van der Waals surface area contributed by atoms with Crippen molar-refractivity contribution in [1.29, 1.82) is 0 Å². The molecule has 2 aromatic heterocycles. The van der Waals surface area contributed by atoms with Gasteiger partial charge in [-0.25, -0.2) is 18.4 Å². The first kappa shape index (κ1) is 23.1. The standard InChI is InChI=1S/C24H26N4O3S2/c1-17(2)33(30,31)20-10-8-19(9-11-20)23(29)28(14-5-13-27-15-12-25-16-27)24-26-22-18(3)6-4-7-21(22)32-24/h4,6-12,15-17H,5,13-14H2,1-3H3. The summed E-state index contributed by atoms with van der Waals surface area (Å²) in [5, 5.41) is 0.110. The number of aryl methyl sites for hydroxylation is 2. The van der Waals surface area contributed by atoms with E-state index >= 15 is 0 Å². The van der Waals surface area contributed by atoms with Crippen molar-refractivity contribution in [2.45, 2.75) is 43.9 Å². The van der Waals surface area contributed by atoms with Crippen LogP contribution >= 0.6 is 11.3 Å². The highest BCUT2D eigenvalue weighted by Crippen LogP contribution is 2.31. The van der Waals surface area contributed by atoms with Crippen LogP contribution in [0.4, 0.5) is 5.13 Å². The van der Waals surface area contributed by atoms with Gasteiger partial charge in [0.25, 0.3) is 5.91 Å². The van der Waals surface area contributed by atoms with Crippen LogP contribution in [0.25, 0.3) is 10.2 Å². The Balaban J connectivity index is 1.64. The molecule has 9 heteroatoms. The molecule has 0 unspecified atom stereocenters. The van der Waals surface area contributed by atoms with Crippen molar-refractivity contribution in [3.8, 4) is 0 Å². The van der Waals surface area contributed by atoms with Gasteiger partial charge < -0.3 is 4.57 Å². The van der Waals surface area contributed by atoms with Gasteiger partial charge in [-0.1, -0.05) is 23.5 Å². The molecule has 0 atom stereocenters. The summed E-state index contributed by atoms with van der Waals surface area (Å²) in [5.41, 5.74) is 2.38. The Morgan fingerprint density at radius 1 is 1.15 bits per heavy atom. The molecule has 2 heterocycles. The van der Waals surface area contributed by atoms with Gasteiger partial charge in [-0.05, 0) is 63.1 Å². The average Bonchev–Trinajstić information content (AvgIpc) is 3.47. The summed E-state index contributed by atoms with van der Waals surface area (Å²) in [7, 11) is -3.40. The number of sulfone groups is 1. The predicted octanol–water partition coefficient (Wildman–Crippen LogP) is 4.72. The lowest BCUT2D eigenvalue weighted by atomic mass is 10.2. The normalized spacial score (nSPS) is 11.9. The van der Waals surface area contributed by atoms with Crippen molar-refractivity contribution in [2.75, 3.05) is 11.4 Å². The van der Waals surface area contributed by atoms with Gasteiger partial charge >= 0.3 is 0 Å². The molecule has 0 aliphatic rings. The molecule has 0 bridgehead atoms. The van der Waals surface area contributed by atoms with Crippen LogP contribution in [0, 0.1) is 6.92 Å². The van der Waals surface area contributed by atoms with Crippen LogP contribution in [-0.2, 0) is 16.4 Å². The molecular formula is C24H26N4O3S2. The van der Waals surface area contributed by atoms with E-state index in [9.17, 15) is 13.2 Å². The Morgan fingerprint density at radius 2 is 1.91 bits per heavy atom. The van der Waals surface area contributed by atoms with E-state index in [0.717, 1.165) is 28.7 Å². The van der Waals surface area contributed by atoms with Gasteiger partial charge in [-0.15, -0.1) is 0 Å². The largest absolute Gasteiger partial charge is 0.337 e. The maximum absolute atomic E-state index is 13.5. The molecule has 0 aliphatic carbocycles. The maximum Gasteiger partial charge on any atom is 0.260 e. The zero-order valence-electron chi connectivity index (χ0n) is 18.8. The fraction of sp³-hybridized carbons (Fsp3) is 0.292. The summed E-state index contributed by atoms with van der Waals surface area (Å²) in [5.74, 6) is -0.203. The molecule has 1 amide bonds. The molecule has 0 fully saturated rings. The first-order chi connectivity index (χ1) is 15.8. The lowest BCUT2D eigenvalue weighted by molar-refractivity contribution is 0.0986. The number of amides is 1. The summed E-state index contributed by atoms with van der Waals surface area (Å²) < 4.78 is 27.9. The smallest absolute Gasteiger partial charge is 0.260 e. The minimum Gasteiger partial charge on any atom is -0.337 e. The molecule has 2 aromatic carbocycles. The van der Waals surface area contributed by atoms with Gasteiger partial charge in [0.15, 0.2) is 15.0 Å². The fourth-order valence-electron chi connectivity index (χ4n) is 3.52. The van der Waals surface area contributed by atoms with Gasteiger partial charge in [0.2, 0.25) is 0 Å². The highest BCUT2D eigenvalue weighted by molar-refractivity contribution is 7.92. The van der Waals surface area contributed by atoms with Crippen molar-refractivity contribution in [3.05, 3.63) is 72.3 Å². The summed E-state index contributed by atoms with van der Waals surface area (Å²) in [6, 6.07) is 12.2. The first-order valence-electron chi connectivity index (χ1n) is 10.7. The summed E-state index contributed by atoms with van der Waals surface area (Å²) in [6.07, 6.45) is 6.09. The van der Waals surface area contributed by atoms with E-state index in [4.69, 9.17) is 4.98 Å². The van der Waals surface area contributed by atoms with Crippen LogP contribution < -0.4 is 4.90 Å². The monoisotopic (exact) mass is 482 g/mol. The first-order valence-corrected chi connectivity index (χ1v) is 13.1. The number of benzene rings is 2. The van der Waals surface area contributed by atoms with E-state index in [1.165, 1.54) is 23.5 Å². The Bertz CT molecular complexity index is 1360. The number of nitrogens with zero attached hydrogens (tertiary/aromatic N) is 4. The number of para-hydroxylation sites is 1. The maximum atomic E-state index is 13.5. The quantitative estimate of drug-likeness (QED) is 0.363. The van der Waals surface area contributed by atoms with E-state index in [1.807, 2.05) is 35.9 Å². The molecule has 4 aromatic rings. The Morgan fingerprint density at radius 3 is 2.55 bits per heavy atom. The highest BCUT2D eigenvalue weighted by Gasteiger charge is 2.23. The van der Waals surface area contributed by atoms with Gasteiger partial charge in [0.05, 0.1) is 26.7 Å². The minimum atomic E-state index is -3.40. The third-order valence-electron chi connectivity index (χ3n) is 5.49. The fourth-order valence-corrected chi connectivity index (χ4v) is 5.65. The zero-order valence-corrected chi connectivity index (χ0v) is 20.4. The predicted molar refractivity (Wildman–Crippen MR) is 132 cm³/mol. The van der Waals surface area contributed by atoms with E-state index < -0.39 is 15.1 Å². The third kappa shape index (κ3) is 4.84. The number of fused-ring (bicyclic) bond motifs is 1. The molecule has 0 radical (unpaired) electrons. The SMILES string of the molecule is Cc1cccc2sc(N(CCCn3ccnc3)C(=O)c3ccc(S(=O)(=O)C(C)C)cc3)nc12. The van der Waals surface area contributed by atoms with Crippen LogP contribution in [0.2, 0.25) is 0 Å². The zero-order chi connectivity index (χ0) is 23.6. The average molecular weight is 483 g/mol. The molecule has 7 nitrogen and oxygen atoms in total. The third-order valence-corrected chi connectivity index (χ3v) is 8.71. The van der Waals surface area contributed by atoms with Crippen LogP contribution in [0.5, 0.6) is 0 Å². The van der Waals surface area contributed by atoms with Gasteiger partial charge in [-0.3, -0.25) is 9.69 Å². The van der Waals surface area contributed by atoms with Crippen LogP contribution in [-0.4, -0.2) is 40.7 Å². The lowest BCUT2D eigenvalue weighted by Crippen LogP contribution is -2.32. The topological polar surface area (TPSA) is 85.2 Å². The van der Waals surface area contributed by atoms with Crippen molar-refractivity contribution in [3.63, 3.8) is 0 Å². The van der Waals surface area contributed by atoms with Gasteiger partial charge in [0.1, 0.15) is 0 Å². The van der Waals surface area contributed by atoms with E-state index in [0.29, 0.717) is 17.2 Å². The number of anilines is 1. The molecule has 0 saturated heterocycles. The Kier molecular flexibility index (Phi) is 6.62. The number of imidazole rings is 1. The molecule has 172 valence electrons. The highest BCUT2D eigenvalue weighted by atomic mass is 32.2. The van der Waals surface area contributed by atoms with Crippen LogP contribution in [0.15, 0.2) is 66.1 Å². The lowest BCUT2D eigenvalue weighted by Gasteiger charge is -2.20. The summed E-state index contributed by atoms with van der Waals surface area (Å²) in [4.78, 5) is 24.3. The van der Waals surface area contributed by atoms with Gasteiger partial charge in [0, 0.05) is 31.0 Å². The van der Waals surface area contributed by atoms with E-state index in [1.54, 1.807) is 43.4 Å². The minimum absolute atomic E-state index is 0.203. The number of hydrogen-bond acceptors (Lipinski definition) is 6. The summed E-state index contributed by atoms with van der Waals surface area (Å²) in [6.45, 7) is 6.49. The van der Waals surface area contributed by atoms with Crippen LogP contribution in [0.3, 0.4) is 0 Å². The molecular weight excluding hydrogens is 456 g/mol. The molecule has 4 rings (SSSR count). The Hall–Kier alpha value is -3.04. The second kappa shape index (κ2) is 9.44. The second-order valence-corrected chi connectivity index (χ2v) is 11.7. The number of hydrogen-bond donors (Lipinski definition) is 0. The van der Waals surface area contributed by atoms with Gasteiger partial charge in [-0.2, -0.15) is 0 Å². The molecule has 0 saturated carbocycles. The summed E-state index contributed by atoms with van der Waals surface area (Å²) >= 11 is 1.48. The van der Waals surface area contributed by atoms with E-state index in [2.05, 4.69) is 4.98 Å². The van der Waals surface area contributed by atoms with Crippen molar-refractivity contribution in [1.82, 2.24) is 14.5 Å². The number of carbonyl (C=O) groups excluding carboxylic acids is 1. The number of aromatic nitrogens is 3. The number of thiazole rings is 1. The number of carbonyl (C=O) groups is 1. The van der Waals surface area contributed by atoms with Crippen molar-refractivity contribution in [2.24, 2.45) is 0 Å². The molecule has 0 N–H and O–H groups in total. The van der Waals surface area contributed by atoms with E-state index in [-0.39, 0.29) is 10.8 Å². The Labute approximate surface area is 197 Å². The van der Waals surface area contributed by atoms with Crippen molar-refractivity contribution >= 4 is 42.4 Å². The molecule has 0 aliphatic heterocycles. The molecule has 0 spiro atoms.